The molecule has 8 heteroatoms. The van der Waals surface area contributed by atoms with E-state index < -0.39 is 10.0 Å². The van der Waals surface area contributed by atoms with Crippen LogP contribution < -0.4 is 0 Å². The summed E-state index contributed by atoms with van der Waals surface area (Å²) in [4.78, 5) is 14.1. The first-order chi connectivity index (χ1) is 12.0. The van der Waals surface area contributed by atoms with Crippen molar-refractivity contribution >= 4 is 27.5 Å². The molecule has 0 unspecified atom stereocenters. The molecule has 0 bridgehead atoms. The number of hydrogen-bond acceptors (Lipinski definition) is 4. The summed E-state index contributed by atoms with van der Waals surface area (Å²) in [7, 11) is -3.56. The van der Waals surface area contributed by atoms with E-state index >= 15 is 0 Å². The second-order valence-corrected chi connectivity index (χ2v) is 8.07. The number of nitrogens with zero attached hydrogens (tertiary/aromatic N) is 2. The third kappa shape index (κ3) is 3.89. The van der Waals surface area contributed by atoms with Crippen LogP contribution in [0.2, 0.25) is 0 Å². The molecule has 2 heterocycles. The number of hydrogen-bond donors (Lipinski definition) is 0. The zero-order chi connectivity index (χ0) is 17.9. The van der Waals surface area contributed by atoms with Crippen LogP contribution in [0.15, 0.2) is 52.0 Å². The molecule has 25 heavy (non-hydrogen) atoms. The number of sulfonamides is 1. The number of rotatable bonds is 5. The number of furan rings is 1. The maximum atomic E-state index is 12.7. The Balaban J connectivity index is 1.66. The second-order valence-electron chi connectivity index (χ2n) is 5.76. The molecule has 0 N–H and O–H groups in total. The van der Waals surface area contributed by atoms with Crippen molar-refractivity contribution in [2.75, 3.05) is 32.1 Å². The molecule has 1 aliphatic heterocycles. The van der Waals surface area contributed by atoms with E-state index in [-0.39, 0.29) is 29.7 Å². The van der Waals surface area contributed by atoms with E-state index in [0.717, 1.165) is 5.56 Å². The average Bonchev–Trinajstić information content (AvgIpc) is 3.17. The molecule has 134 valence electrons. The van der Waals surface area contributed by atoms with Crippen LogP contribution in [0.25, 0.3) is 0 Å². The zero-order valence-electron chi connectivity index (χ0n) is 13.6. The molecule has 0 atom stereocenters. The summed E-state index contributed by atoms with van der Waals surface area (Å²) < 4.78 is 32.0. The van der Waals surface area contributed by atoms with E-state index in [1.165, 1.54) is 10.6 Å². The van der Waals surface area contributed by atoms with Gasteiger partial charge in [-0.25, -0.2) is 8.42 Å². The Morgan fingerprint density at radius 2 is 1.76 bits per heavy atom. The Morgan fingerprint density at radius 1 is 1.08 bits per heavy atom. The van der Waals surface area contributed by atoms with Gasteiger partial charge in [0.05, 0.1) is 11.2 Å². The summed E-state index contributed by atoms with van der Waals surface area (Å²) in [6.45, 7) is 1.20. The number of piperazine rings is 1. The highest BCUT2D eigenvalue weighted by Gasteiger charge is 2.31. The van der Waals surface area contributed by atoms with Crippen molar-refractivity contribution in [2.24, 2.45) is 0 Å². The van der Waals surface area contributed by atoms with Crippen LogP contribution in [0.5, 0.6) is 0 Å². The Bertz CT molecular complexity index is 811. The Morgan fingerprint density at radius 3 is 2.32 bits per heavy atom. The van der Waals surface area contributed by atoms with E-state index in [2.05, 4.69) is 0 Å². The van der Waals surface area contributed by atoms with Gasteiger partial charge in [-0.3, -0.25) is 4.79 Å². The Hall–Kier alpha value is -1.83. The fourth-order valence-corrected chi connectivity index (χ4v) is 4.41. The molecule has 0 radical (unpaired) electrons. The minimum absolute atomic E-state index is 0.215. The van der Waals surface area contributed by atoms with Gasteiger partial charge in [0.2, 0.25) is 10.0 Å². The topological polar surface area (TPSA) is 70.8 Å². The standard InChI is InChI=1S/C17H19ClN2O4S/c18-8-7-14-3-5-15(6-4-14)25(22,23)20-11-9-19(10-12-20)17(21)16-2-1-13-24-16/h1-6,13H,7-12H2. The highest BCUT2D eigenvalue weighted by molar-refractivity contribution is 7.89. The average molecular weight is 383 g/mol. The van der Waals surface area contributed by atoms with Gasteiger partial charge in [0, 0.05) is 32.1 Å². The van der Waals surface area contributed by atoms with Crippen LogP contribution in [0, 0.1) is 0 Å². The first-order valence-electron chi connectivity index (χ1n) is 8.00. The van der Waals surface area contributed by atoms with E-state index in [4.69, 9.17) is 16.0 Å². The fourth-order valence-electron chi connectivity index (χ4n) is 2.77. The van der Waals surface area contributed by atoms with Crippen LogP contribution in [-0.2, 0) is 16.4 Å². The highest BCUT2D eigenvalue weighted by Crippen LogP contribution is 2.19. The minimum Gasteiger partial charge on any atom is -0.459 e. The van der Waals surface area contributed by atoms with E-state index in [9.17, 15) is 13.2 Å². The molecule has 0 saturated carbocycles. The Kier molecular flexibility index (Phi) is 5.46. The molecule has 1 amide bonds. The van der Waals surface area contributed by atoms with E-state index in [1.807, 2.05) is 0 Å². The van der Waals surface area contributed by atoms with Crippen LogP contribution in [-0.4, -0.2) is 55.6 Å². The maximum Gasteiger partial charge on any atom is 0.289 e. The highest BCUT2D eigenvalue weighted by atomic mass is 35.5. The number of aryl methyl sites for hydroxylation is 1. The van der Waals surface area contributed by atoms with Crippen LogP contribution >= 0.6 is 11.6 Å². The van der Waals surface area contributed by atoms with Crippen molar-refractivity contribution in [1.29, 1.82) is 0 Å². The lowest BCUT2D eigenvalue weighted by atomic mass is 10.2. The summed E-state index contributed by atoms with van der Waals surface area (Å²) in [5.41, 5.74) is 1.00. The van der Waals surface area contributed by atoms with Gasteiger partial charge in [0.15, 0.2) is 5.76 Å². The summed E-state index contributed by atoms with van der Waals surface area (Å²) in [5.74, 6) is 0.552. The summed E-state index contributed by atoms with van der Waals surface area (Å²) >= 11 is 5.70. The predicted octanol–water partition coefficient (Wildman–Crippen LogP) is 2.21. The van der Waals surface area contributed by atoms with Crippen LogP contribution in [0.4, 0.5) is 0 Å². The zero-order valence-corrected chi connectivity index (χ0v) is 15.2. The third-order valence-corrected chi connectivity index (χ3v) is 6.30. The molecule has 2 aromatic rings. The first kappa shape index (κ1) is 18.0. The van der Waals surface area contributed by atoms with Crippen molar-refractivity contribution in [3.8, 4) is 0 Å². The van der Waals surface area contributed by atoms with Crippen molar-refractivity contribution in [3.05, 3.63) is 54.0 Å². The van der Waals surface area contributed by atoms with Gasteiger partial charge in [0.25, 0.3) is 5.91 Å². The molecule has 0 spiro atoms. The SMILES string of the molecule is O=C(c1ccco1)N1CCN(S(=O)(=O)c2ccc(CCCl)cc2)CC1. The molecule has 6 nitrogen and oxygen atoms in total. The molecule has 0 aliphatic carbocycles. The number of carbonyl (C=O) groups is 1. The molecule has 1 aromatic carbocycles. The lowest BCUT2D eigenvalue weighted by Gasteiger charge is -2.33. The largest absolute Gasteiger partial charge is 0.459 e. The van der Waals surface area contributed by atoms with Crippen molar-refractivity contribution in [3.63, 3.8) is 0 Å². The van der Waals surface area contributed by atoms with Gasteiger partial charge >= 0.3 is 0 Å². The number of carbonyl (C=O) groups excluding carboxylic acids is 1. The van der Waals surface area contributed by atoms with Gasteiger partial charge < -0.3 is 9.32 Å². The lowest BCUT2D eigenvalue weighted by Crippen LogP contribution is -2.50. The summed E-state index contributed by atoms with van der Waals surface area (Å²) in [6, 6.07) is 10.0. The molecule has 3 rings (SSSR count). The minimum atomic E-state index is -3.56. The van der Waals surface area contributed by atoms with Gasteiger partial charge in [0.1, 0.15) is 0 Å². The summed E-state index contributed by atoms with van der Waals surface area (Å²) in [5, 5.41) is 0. The van der Waals surface area contributed by atoms with Gasteiger partial charge in [-0.15, -0.1) is 11.6 Å². The second kappa shape index (κ2) is 7.59. The van der Waals surface area contributed by atoms with Crippen molar-refractivity contribution < 1.29 is 17.6 Å². The summed E-state index contributed by atoms with van der Waals surface area (Å²) in [6.07, 6.45) is 2.15. The van der Waals surface area contributed by atoms with Crippen molar-refractivity contribution in [1.82, 2.24) is 9.21 Å². The van der Waals surface area contributed by atoms with Crippen LogP contribution in [0.3, 0.4) is 0 Å². The molecule has 1 aliphatic rings. The molecule has 1 aromatic heterocycles. The van der Waals surface area contributed by atoms with Gasteiger partial charge in [-0.05, 0) is 36.2 Å². The predicted molar refractivity (Wildman–Crippen MR) is 94.2 cm³/mol. The molecule has 1 fully saturated rings. The maximum absolute atomic E-state index is 12.7. The molecular weight excluding hydrogens is 364 g/mol. The quantitative estimate of drug-likeness (QED) is 0.743. The monoisotopic (exact) mass is 382 g/mol. The van der Waals surface area contributed by atoms with Crippen LogP contribution in [0.1, 0.15) is 16.1 Å². The lowest BCUT2D eigenvalue weighted by molar-refractivity contribution is 0.0666. The van der Waals surface area contributed by atoms with E-state index in [1.54, 1.807) is 41.3 Å². The van der Waals surface area contributed by atoms with E-state index in [0.29, 0.717) is 25.4 Å². The van der Waals surface area contributed by atoms with Gasteiger partial charge in [-0.2, -0.15) is 4.31 Å². The number of benzene rings is 1. The van der Waals surface area contributed by atoms with Crippen molar-refractivity contribution in [2.45, 2.75) is 11.3 Å². The number of alkyl halides is 1. The molecular formula is C17H19ClN2O4S. The normalized spacial score (nSPS) is 16.1. The first-order valence-corrected chi connectivity index (χ1v) is 9.97. The molecule has 1 saturated heterocycles. The number of amides is 1. The fraction of sp³-hybridized carbons (Fsp3) is 0.353. The number of halogens is 1. The third-order valence-electron chi connectivity index (χ3n) is 4.20. The smallest absolute Gasteiger partial charge is 0.289 e. The van der Waals surface area contributed by atoms with Gasteiger partial charge in [-0.1, -0.05) is 12.1 Å². The Labute approximate surface area is 152 Å².